The van der Waals surface area contributed by atoms with E-state index in [1.54, 1.807) is 19.9 Å². The van der Waals surface area contributed by atoms with Crippen molar-refractivity contribution in [3.05, 3.63) is 27.8 Å². The molecular weight excluding hydrogens is 186 g/mol. The van der Waals surface area contributed by atoms with Crippen molar-refractivity contribution in [1.29, 1.82) is 0 Å². The second-order valence-corrected chi connectivity index (χ2v) is 3.13. The Kier molecular flexibility index (Phi) is 1.80. The van der Waals surface area contributed by atoms with E-state index >= 15 is 0 Å². The molecule has 1 aliphatic heterocycles. The Morgan fingerprint density at radius 1 is 1.43 bits per heavy atom. The van der Waals surface area contributed by atoms with Gasteiger partial charge in [-0.25, -0.2) is 0 Å². The predicted octanol–water partition coefficient (Wildman–Crippen LogP) is 2.02. The average Bonchev–Trinajstić information content (AvgIpc) is 2.10. The first-order valence-electron chi connectivity index (χ1n) is 4.20. The number of benzene rings is 1. The van der Waals surface area contributed by atoms with Gasteiger partial charge in [-0.3, -0.25) is 10.1 Å². The lowest BCUT2D eigenvalue weighted by Crippen LogP contribution is -2.23. The van der Waals surface area contributed by atoms with Crippen LogP contribution in [-0.4, -0.2) is 11.2 Å². The number of nitro benzene ring substituents is 1. The van der Waals surface area contributed by atoms with Gasteiger partial charge in [-0.05, 0) is 6.92 Å². The van der Waals surface area contributed by atoms with Gasteiger partial charge in [-0.15, -0.1) is 0 Å². The van der Waals surface area contributed by atoms with E-state index in [1.165, 1.54) is 6.07 Å². The number of ether oxygens (including phenoxy) is 2. The Labute approximate surface area is 80.4 Å². The van der Waals surface area contributed by atoms with Gasteiger partial charge in [0.25, 0.3) is 5.69 Å². The van der Waals surface area contributed by atoms with Crippen LogP contribution in [0.25, 0.3) is 0 Å². The molecule has 0 spiro atoms. The number of rotatable bonds is 1. The summed E-state index contributed by atoms with van der Waals surface area (Å²) in [6.45, 7) is 3.40. The van der Waals surface area contributed by atoms with E-state index < -0.39 is 4.92 Å². The van der Waals surface area contributed by atoms with E-state index in [2.05, 4.69) is 0 Å². The van der Waals surface area contributed by atoms with Crippen LogP contribution >= 0.6 is 0 Å². The van der Waals surface area contributed by atoms with Gasteiger partial charge in [0.1, 0.15) is 11.5 Å². The molecule has 2 rings (SSSR count). The lowest BCUT2D eigenvalue weighted by molar-refractivity contribution is -0.385. The molecule has 2 bridgehead atoms. The summed E-state index contributed by atoms with van der Waals surface area (Å²) >= 11 is 0. The van der Waals surface area contributed by atoms with E-state index in [9.17, 15) is 10.1 Å². The second kappa shape index (κ2) is 2.87. The van der Waals surface area contributed by atoms with E-state index in [0.29, 0.717) is 17.1 Å². The van der Waals surface area contributed by atoms with Gasteiger partial charge < -0.3 is 9.47 Å². The summed E-state index contributed by atoms with van der Waals surface area (Å²) in [6.07, 6.45) is -0.385. The molecule has 0 saturated heterocycles. The van der Waals surface area contributed by atoms with Crippen LogP contribution in [0.4, 0.5) is 5.69 Å². The Morgan fingerprint density at radius 2 is 2.14 bits per heavy atom. The summed E-state index contributed by atoms with van der Waals surface area (Å²) in [4.78, 5) is 10.2. The molecule has 74 valence electrons. The molecule has 0 amide bonds. The topological polar surface area (TPSA) is 61.6 Å². The van der Waals surface area contributed by atoms with Crippen LogP contribution in [0.15, 0.2) is 12.1 Å². The highest BCUT2D eigenvalue weighted by molar-refractivity contribution is 5.54. The molecular formula is C9H9NO4. The van der Waals surface area contributed by atoms with Gasteiger partial charge in [0.15, 0.2) is 0 Å². The summed E-state index contributed by atoms with van der Waals surface area (Å²) in [7, 11) is 0. The molecule has 1 aromatic carbocycles. The summed E-state index contributed by atoms with van der Waals surface area (Å²) in [6, 6.07) is 3.07. The third kappa shape index (κ3) is 1.26. The third-order valence-electron chi connectivity index (χ3n) is 2.10. The highest BCUT2D eigenvalue weighted by atomic mass is 16.7. The standard InChI is InChI=1S/C9H9NO4/c1-5-8(10(11)12)3-7-4-9(5)14-6(2)13-7/h3-4,6H,1-2H3. The van der Waals surface area contributed by atoms with Crippen LogP contribution in [0.3, 0.4) is 0 Å². The van der Waals surface area contributed by atoms with E-state index in [-0.39, 0.29) is 12.0 Å². The van der Waals surface area contributed by atoms with Crippen molar-refractivity contribution in [2.24, 2.45) is 0 Å². The van der Waals surface area contributed by atoms with E-state index in [4.69, 9.17) is 9.47 Å². The second-order valence-electron chi connectivity index (χ2n) is 3.13. The monoisotopic (exact) mass is 195 g/mol. The van der Waals surface area contributed by atoms with Crippen molar-refractivity contribution in [1.82, 2.24) is 0 Å². The van der Waals surface area contributed by atoms with Gasteiger partial charge in [-0.1, -0.05) is 0 Å². The smallest absolute Gasteiger partial charge is 0.279 e. The minimum atomic E-state index is -0.439. The molecule has 14 heavy (non-hydrogen) atoms. The Bertz CT molecular complexity index is 402. The normalized spacial score (nSPS) is 18.3. The SMILES string of the molecule is Cc1c2cc(cc1[N+](=O)[O-])OC(C)O2. The average molecular weight is 195 g/mol. The van der Waals surface area contributed by atoms with Crippen molar-refractivity contribution in [3.63, 3.8) is 0 Å². The molecule has 5 heteroatoms. The van der Waals surface area contributed by atoms with Crippen LogP contribution in [-0.2, 0) is 0 Å². The first-order chi connectivity index (χ1) is 6.58. The van der Waals surface area contributed by atoms with Crippen molar-refractivity contribution in [2.45, 2.75) is 20.1 Å². The molecule has 1 atom stereocenters. The molecule has 1 heterocycles. The third-order valence-corrected chi connectivity index (χ3v) is 2.10. The van der Waals surface area contributed by atoms with Crippen LogP contribution < -0.4 is 9.47 Å². The van der Waals surface area contributed by atoms with Crippen LogP contribution in [0, 0.1) is 17.0 Å². The molecule has 0 N–H and O–H groups in total. The van der Waals surface area contributed by atoms with Crippen molar-refractivity contribution >= 4 is 5.69 Å². The molecule has 1 aromatic rings. The number of nitro groups is 1. The molecule has 0 radical (unpaired) electrons. The zero-order chi connectivity index (χ0) is 10.3. The zero-order valence-corrected chi connectivity index (χ0v) is 7.81. The summed E-state index contributed by atoms with van der Waals surface area (Å²) in [5.74, 6) is 1.00. The number of nitrogens with zero attached hydrogens (tertiary/aromatic N) is 1. The van der Waals surface area contributed by atoms with Gasteiger partial charge in [0.2, 0.25) is 6.29 Å². The zero-order valence-electron chi connectivity index (χ0n) is 7.81. The first-order valence-corrected chi connectivity index (χ1v) is 4.20. The lowest BCUT2D eigenvalue weighted by Gasteiger charge is -2.23. The molecule has 1 aliphatic rings. The fourth-order valence-electron chi connectivity index (χ4n) is 1.42. The molecule has 0 aromatic heterocycles. The maximum Gasteiger partial charge on any atom is 0.279 e. The predicted molar refractivity (Wildman–Crippen MR) is 48.6 cm³/mol. The maximum absolute atomic E-state index is 10.6. The van der Waals surface area contributed by atoms with Crippen molar-refractivity contribution in [3.8, 4) is 11.5 Å². The number of hydrogen-bond donors (Lipinski definition) is 0. The first kappa shape index (κ1) is 8.80. The van der Waals surface area contributed by atoms with Gasteiger partial charge in [0.05, 0.1) is 16.6 Å². The van der Waals surface area contributed by atoms with Crippen LogP contribution in [0.2, 0.25) is 0 Å². The highest BCUT2D eigenvalue weighted by Crippen LogP contribution is 2.36. The molecule has 5 nitrogen and oxygen atoms in total. The largest absolute Gasteiger partial charge is 0.455 e. The quantitative estimate of drug-likeness (QED) is 0.508. The van der Waals surface area contributed by atoms with E-state index in [0.717, 1.165) is 0 Å². The number of hydrogen-bond acceptors (Lipinski definition) is 4. The molecule has 0 saturated carbocycles. The Morgan fingerprint density at radius 3 is 2.79 bits per heavy atom. The summed E-state index contributed by atoms with van der Waals surface area (Å²) < 4.78 is 10.5. The van der Waals surface area contributed by atoms with Crippen molar-refractivity contribution in [2.75, 3.05) is 0 Å². The van der Waals surface area contributed by atoms with Crippen LogP contribution in [0.5, 0.6) is 11.5 Å². The highest BCUT2D eigenvalue weighted by Gasteiger charge is 2.23. The summed E-state index contributed by atoms with van der Waals surface area (Å²) in [5, 5.41) is 10.6. The van der Waals surface area contributed by atoms with E-state index in [1.807, 2.05) is 0 Å². The minimum Gasteiger partial charge on any atom is -0.455 e. The fraction of sp³-hybridized carbons (Fsp3) is 0.333. The minimum absolute atomic E-state index is 0.0319. The number of fused-ring (bicyclic) bond motifs is 2. The lowest BCUT2D eigenvalue weighted by atomic mass is 10.1. The van der Waals surface area contributed by atoms with Gasteiger partial charge >= 0.3 is 0 Å². The fourth-order valence-corrected chi connectivity index (χ4v) is 1.42. The molecule has 1 unspecified atom stereocenters. The van der Waals surface area contributed by atoms with Gasteiger partial charge in [0, 0.05) is 13.0 Å². The van der Waals surface area contributed by atoms with Crippen molar-refractivity contribution < 1.29 is 14.4 Å². The van der Waals surface area contributed by atoms with Gasteiger partial charge in [-0.2, -0.15) is 0 Å². The summed E-state index contributed by atoms with van der Waals surface area (Å²) in [5.41, 5.74) is 0.568. The molecule has 0 aliphatic carbocycles. The Balaban J connectivity index is 2.56. The maximum atomic E-state index is 10.6. The molecule has 0 fully saturated rings. The Hall–Kier alpha value is -1.78. The van der Waals surface area contributed by atoms with Crippen LogP contribution in [0.1, 0.15) is 12.5 Å².